The second kappa shape index (κ2) is 4.03. The van der Waals surface area contributed by atoms with Crippen LogP contribution in [0.15, 0.2) is 0 Å². The Bertz CT molecular complexity index is 141. The normalized spacial score (nSPS) is 29.7. The quantitative estimate of drug-likeness (QED) is 0.533. The molecule has 3 nitrogen and oxygen atoms in total. The minimum absolute atomic E-state index is 0.221. The predicted octanol–water partition coefficient (Wildman–Crippen LogP) is 1.44. The van der Waals surface area contributed by atoms with Gasteiger partial charge in [0.1, 0.15) is 0 Å². The number of likely N-dealkylation sites (N-methyl/N-ethyl adjacent to an activating group) is 1. The first-order valence-electron chi connectivity index (χ1n) is 3.34. The van der Waals surface area contributed by atoms with Gasteiger partial charge in [0.2, 0.25) is 0 Å². The van der Waals surface area contributed by atoms with Gasteiger partial charge in [-0.2, -0.15) is 0 Å². The fourth-order valence-corrected chi connectivity index (χ4v) is 2.03. The first kappa shape index (κ1) is 10.4. The molecular weight excluding hydrogens is 372 g/mol. The zero-order valence-electron chi connectivity index (χ0n) is 6.51. The third-order valence-corrected chi connectivity index (χ3v) is 2.44. The maximum Gasteiger partial charge on any atom is 0.275 e. The van der Waals surface area contributed by atoms with E-state index in [1.807, 2.05) is 14.1 Å². The lowest BCUT2D eigenvalue weighted by atomic mass is 10.4. The van der Waals surface area contributed by atoms with Crippen molar-refractivity contribution in [2.45, 2.75) is 7.90 Å². The first-order chi connectivity index (χ1) is 4.99. The van der Waals surface area contributed by atoms with Crippen LogP contribution in [0.4, 0.5) is 0 Å². The number of hydrogen-bond donors (Lipinski definition) is 0. The zero-order valence-corrected chi connectivity index (χ0v) is 10.8. The topological polar surface area (TPSA) is 21.7 Å². The molecule has 11 heavy (non-hydrogen) atoms. The lowest BCUT2D eigenvalue weighted by Gasteiger charge is -2.16. The number of rotatable bonds is 2. The smallest absolute Gasteiger partial charge is 0.275 e. The molecule has 66 valence electrons. The van der Waals surface area contributed by atoms with Gasteiger partial charge in [-0.3, -0.25) is 0 Å². The van der Waals surface area contributed by atoms with Gasteiger partial charge in [-0.1, -0.05) is 0 Å². The maximum atomic E-state index is 5.57. The number of nitrogens with zero attached hydrogens (tertiary/aromatic N) is 1. The molecule has 0 N–H and O–H groups in total. The average Bonchev–Trinajstić information content (AvgIpc) is 2.08. The van der Waals surface area contributed by atoms with Crippen LogP contribution in [0.1, 0.15) is 0 Å². The summed E-state index contributed by atoms with van der Waals surface area (Å²) >= 11 is 4.30. The summed E-state index contributed by atoms with van der Waals surface area (Å²) in [5, 5.41) is 0. The summed E-state index contributed by atoms with van der Waals surface area (Å²) < 4.78 is 10.5. The predicted molar refractivity (Wildman–Crippen MR) is 60.2 cm³/mol. The highest BCUT2D eigenvalue weighted by molar-refractivity contribution is 14.2. The highest BCUT2D eigenvalue weighted by atomic mass is 127. The molecule has 0 spiro atoms. The van der Waals surface area contributed by atoms with Crippen LogP contribution >= 0.6 is 45.2 Å². The third kappa shape index (κ3) is 3.71. The van der Waals surface area contributed by atoms with Crippen molar-refractivity contribution in [2.24, 2.45) is 0 Å². The van der Waals surface area contributed by atoms with Crippen LogP contribution in [-0.4, -0.2) is 40.1 Å². The van der Waals surface area contributed by atoms with Gasteiger partial charge in [0.25, 0.3) is 1.80 Å². The summed E-state index contributed by atoms with van der Waals surface area (Å²) in [5.41, 5.74) is 0. The third-order valence-electron chi connectivity index (χ3n) is 1.31. The van der Waals surface area contributed by atoms with E-state index in [0.717, 1.165) is 6.54 Å². The molecule has 0 bridgehead atoms. The van der Waals surface area contributed by atoms with E-state index < -0.39 is 1.80 Å². The van der Waals surface area contributed by atoms with Crippen LogP contribution in [0.5, 0.6) is 0 Å². The van der Waals surface area contributed by atoms with E-state index in [1.165, 1.54) is 0 Å². The lowest BCUT2D eigenvalue weighted by molar-refractivity contribution is 0.00885. The Hall–Kier alpha value is 1.34. The summed E-state index contributed by atoms with van der Waals surface area (Å²) in [6.45, 7) is 1.62. The number of ether oxygens (including phenoxy) is 2. The van der Waals surface area contributed by atoms with E-state index in [9.17, 15) is 0 Å². The molecular formula is C6H11I2NO2. The van der Waals surface area contributed by atoms with Crippen LogP contribution in [-0.2, 0) is 9.47 Å². The molecule has 1 rings (SSSR count). The molecule has 1 heterocycles. The van der Waals surface area contributed by atoms with Crippen LogP contribution in [0.25, 0.3) is 0 Å². The van der Waals surface area contributed by atoms with E-state index in [2.05, 4.69) is 50.1 Å². The molecule has 0 aliphatic carbocycles. The molecule has 1 unspecified atom stereocenters. The van der Waals surface area contributed by atoms with Crippen LogP contribution < -0.4 is 0 Å². The second-order valence-corrected chi connectivity index (χ2v) is 7.68. The Morgan fingerprint density at radius 1 is 1.55 bits per heavy atom. The number of hydrogen-bond acceptors (Lipinski definition) is 3. The molecule has 1 aliphatic heterocycles. The van der Waals surface area contributed by atoms with Crippen molar-refractivity contribution in [3.8, 4) is 0 Å². The fraction of sp³-hybridized carbons (Fsp3) is 1.00. The van der Waals surface area contributed by atoms with Crippen LogP contribution in [0.3, 0.4) is 0 Å². The van der Waals surface area contributed by atoms with Gasteiger partial charge in [-0.25, -0.2) is 0 Å². The van der Waals surface area contributed by atoms with Crippen LogP contribution in [0.2, 0.25) is 0 Å². The summed E-state index contributed by atoms with van der Waals surface area (Å²) in [4.78, 5) is 2.10. The largest absolute Gasteiger partial charge is 0.331 e. The summed E-state index contributed by atoms with van der Waals surface area (Å²) in [7, 11) is 4.06. The Morgan fingerprint density at radius 3 is 2.55 bits per heavy atom. The van der Waals surface area contributed by atoms with Gasteiger partial charge in [-0.15, -0.1) is 0 Å². The molecule has 5 heteroatoms. The van der Waals surface area contributed by atoms with Crippen LogP contribution in [0, 0.1) is 0 Å². The van der Waals surface area contributed by atoms with Gasteiger partial charge in [-0.05, 0) is 14.1 Å². The maximum absolute atomic E-state index is 5.57. The molecule has 1 saturated heterocycles. The molecule has 0 aromatic rings. The summed E-state index contributed by atoms with van der Waals surface area (Å²) in [6, 6.07) is 0. The highest BCUT2D eigenvalue weighted by Gasteiger charge is 2.36. The van der Waals surface area contributed by atoms with E-state index in [-0.39, 0.29) is 6.10 Å². The average molecular weight is 383 g/mol. The highest BCUT2D eigenvalue weighted by Crippen LogP contribution is 2.36. The minimum Gasteiger partial charge on any atom is -0.331 e. The van der Waals surface area contributed by atoms with Gasteiger partial charge >= 0.3 is 0 Å². The Kier molecular flexibility index (Phi) is 3.82. The summed E-state index contributed by atoms with van der Waals surface area (Å²) in [5.74, 6) is 0. The summed E-state index contributed by atoms with van der Waals surface area (Å²) in [6.07, 6.45) is 0.221. The molecule has 0 aromatic heterocycles. The van der Waals surface area contributed by atoms with E-state index in [1.54, 1.807) is 0 Å². The van der Waals surface area contributed by atoms with Gasteiger partial charge in [0.05, 0.1) is 12.7 Å². The molecule has 0 radical (unpaired) electrons. The van der Waals surface area contributed by atoms with Crippen molar-refractivity contribution in [3.05, 3.63) is 0 Å². The van der Waals surface area contributed by atoms with Gasteiger partial charge < -0.3 is 14.4 Å². The molecule has 0 amide bonds. The van der Waals surface area contributed by atoms with Crippen molar-refractivity contribution in [1.29, 1.82) is 0 Å². The van der Waals surface area contributed by atoms with Gasteiger partial charge in [0.15, 0.2) is 0 Å². The Labute approximate surface area is 94.1 Å². The van der Waals surface area contributed by atoms with Crippen molar-refractivity contribution >= 4 is 45.2 Å². The lowest BCUT2D eigenvalue weighted by Crippen LogP contribution is -2.28. The molecule has 0 aromatic carbocycles. The molecule has 0 saturated carbocycles. The van der Waals surface area contributed by atoms with Crippen molar-refractivity contribution < 1.29 is 9.47 Å². The Morgan fingerprint density at radius 2 is 2.18 bits per heavy atom. The van der Waals surface area contributed by atoms with Crippen molar-refractivity contribution in [2.75, 3.05) is 27.2 Å². The van der Waals surface area contributed by atoms with E-state index >= 15 is 0 Å². The SMILES string of the molecule is CN(C)CC1COC(I)(I)O1. The molecule has 1 atom stereocenters. The monoisotopic (exact) mass is 383 g/mol. The standard InChI is InChI=1S/C6H11I2NO2/c1-9(2)3-5-4-10-6(7,8)11-5/h5H,3-4H2,1-2H3. The van der Waals surface area contributed by atoms with E-state index in [4.69, 9.17) is 9.47 Å². The Balaban J connectivity index is 2.31. The molecule has 1 aliphatic rings. The second-order valence-electron chi connectivity index (χ2n) is 2.78. The minimum atomic E-state index is -0.434. The van der Waals surface area contributed by atoms with Gasteiger partial charge in [0, 0.05) is 51.7 Å². The van der Waals surface area contributed by atoms with Crippen molar-refractivity contribution in [3.63, 3.8) is 0 Å². The van der Waals surface area contributed by atoms with E-state index in [0.29, 0.717) is 6.61 Å². The fourth-order valence-electron chi connectivity index (χ4n) is 0.949. The van der Waals surface area contributed by atoms with Crippen molar-refractivity contribution in [1.82, 2.24) is 4.90 Å². The zero-order chi connectivity index (χ0) is 8.48. The molecule has 1 fully saturated rings. The number of halogens is 2. The first-order valence-corrected chi connectivity index (χ1v) is 5.50. The number of alkyl halides is 2.